The van der Waals surface area contributed by atoms with Gasteiger partial charge in [-0.1, -0.05) is 6.07 Å². The quantitative estimate of drug-likeness (QED) is 0.908. The van der Waals surface area contributed by atoms with Gasteiger partial charge in [-0.05, 0) is 44.5 Å². The Morgan fingerprint density at radius 1 is 1.36 bits per heavy atom. The van der Waals surface area contributed by atoms with Crippen LogP contribution >= 0.6 is 0 Å². The number of carbonyl (C=O) groups is 1. The second-order valence-electron chi connectivity index (χ2n) is 6.27. The van der Waals surface area contributed by atoms with Gasteiger partial charge in [0, 0.05) is 36.8 Å². The first kappa shape index (κ1) is 15.4. The van der Waals surface area contributed by atoms with Gasteiger partial charge in [-0.2, -0.15) is 0 Å². The summed E-state index contributed by atoms with van der Waals surface area (Å²) in [5.74, 6) is 0.843. The number of pyridine rings is 1. The van der Waals surface area contributed by atoms with Gasteiger partial charge < -0.3 is 15.0 Å². The molecular weight excluding hydrogens is 278 g/mol. The number of hydrogen-bond acceptors (Lipinski definition) is 4. The fraction of sp³-hybridized carbons (Fsp3) is 0.647. The standard InChI is InChI=1S/C17H25N3O2/c21-17(15-4-7-18-8-5-15)20-9-10-22-13-14(12-20)11-16-3-1-2-6-19-16/h1-3,6,14-15,18H,4-5,7-13H2/t14-/m0/s1. The molecule has 5 heteroatoms. The molecule has 0 radical (unpaired) electrons. The highest BCUT2D eigenvalue weighted by atomic mass is 16.5. The molecule has 22 heavy (non-hydrogen) atoms. The summed E-state index contributed by atoms with van der Waals surface area (Å²) in [5.41, 5.74) is 1.08. The second-order valence-corrected chi connectivity index (χ2v) is 6.27. The molecule has 1 amide bonds. The highest BCUT2D eigenvalue weighted by Crippen LogP contribution is 2.19. The number of ether oxygens (including phenoxy) is 1. The summed E-state index contributed by atoms with van der Waals surface area (Å²) in [6.45, 7) is 4.79. The highest BCUT2D eigenvalue weighted by Gasteiger charge is 2.29. The van der Waals surface area contributed by atoms with E-state index in [1.54, 1.807) is 0 Å². The molecule has 120 valence electrons. The minimum atomic E-state index is 0.190. The van der Waals surface area contributed by atoms with Gasteiger partial charge in [-0.3, -0.25) is 9.78 Å². The van der Waals surface area contributed by atoms with Crippen LogP contribution in [0.5, 0.6) is 0 Å². The van der Waals surface area contributed by atoms with Crippen molar-refractivity contribution < 1.29 is 9.53 Å². The average Bonchev–Trinajstić information content (AvgIpc) is 2.81. The molecular formula is C17H25N3O2. The highest BCUT2D eigenvalue weighted by molar-refractivity contribution is 5.79. The van der Waals surface area contributed by atoms with E-state index >= 15 is 0 Å². The molecule has 1 aromatic heterocycles. The summed E-state index contributed by atoms with van der Waals surface area (Å²) in [7, 11) is 0. The molecule has 0 aromatic carbocycles. The molecule has 1 atom stereocenters. The lowest BCUT2D eigenvalue weighted by Crippen LogP contribution is -2.43. The van der Waals surface area contributed by atoms with Crippen LogP contribution in [0.1, 0.15) is 18.5 Å². The molecule has 0 spiro atoms. The van der Waals surface area contributed by atoms with E-state index in [1.165, 1.54) is 0 Å². The Morgan fingerprint density at radius 2 is 2.23 bits per heavy atom. The summed E-state index contributed by atoms with van der Waals surface area (Å²) >= 11 is 0. The molecule has 0 bridgehead atoms. The lowest BCUT2D eigenvalue weighted by atomic mass is 9.95. The van der Waals surface area contributed by atoms with Crippen LogP contribution in [0, 0.1) is 11.8 Å². The second kappa shape index (κ2) is 7.70. The molecule has 2 saturated heterocycles. The van der Waals surface area contributed by atoms with Gasteiger partial charge in [0.05, 0.1) is 13.2 Å². The largest absolute Gasteiger partial charge is 0.379 e. The van der Waals surface area contributed by atoms with Gasteiger partial charge in [0.25, 0.3) is 0 Å². The molecule has 2 aliphatic heterocycles. The maximum absolute atomic E-state index is 12.7. The van der Waals surface area contributed by atoms with Crippen molar-refractivity contribution in [2.24, 2.45) is 11.8 Å². The molecule has 1 N–H and O–H groups in total. The summed E-state index contributed by atoms with van der Waals surface area (Å²) in [6, 6.07) is 5.99. The first-order valence-corrected chi connectivity index (χ1v) is 8.30. The van der Waals surface area contributed by atoms with Crippen LogP contribution in [-0.2, 0) is 16.0 Å². The summed E-state index contributed by atoms with van der Waals surface area (Å²) < 4.78 is 5.71. The van der Waals surface area contributed by atoms with E-state index in [0.717, 1.165) is 51.1 Å². The molecule has 3 heterocycles. The van der Waals surface area contributed by atoms with Gasteiger partial charge in [0.15, 0.2) is 0 Å². The van der Waals surface area contributed by atoms with Crippen molar-refractivity contribution in [3.05, 3.63) is 30.1 Å². The molecule has 2 aliphatic rings. The van der Waals surface area contributed by atoms with Crippen molar-refractivity contribution >= 4 is 5.91 Å². The third-order valence-electron chi connectivity index (χ3n) is 4.56. The third kappa shape index (κ3) is 4.05. The Hall–Kier alpha value is -1.46. The van der Waals surface area contributed by atoms with Crippen LogP contribution in [0.3, 0.4) is 0 Å². The van der Waals surface area contributed by atoms with Crippen molar-refractivity contribution in [2.75, 3.05) is 39.4 Å². The van der Waals surface area contributed by atoms with Crippen LogP contribution in [-0.4, -0.2) is 55.2 Å². The number of amides is 1. The number of piperidine rings is 1. The number of hydrogen-bond donors (Lipinski definition) is 1. The van der Waals surface area contributed by atoms with Crippen LogP contribution in [0.4, 0.5) is 0 Å². The molecule has 0 unspecified atom stereocenters. The van der Waals surface area contributed by atoms with E-state index < -0.39 is 0 Å². The van der Waals surface area contributed by atoms with Gasteiger partial charge in [0.1, 0.15) is 0 Å². The van der Waals surface area contributed by atoms with Gasteiger partial charge >= 0.3 is 0 Å². The Labute approximate surface area is 132 Å². The van der Waals surface area contributed by atoms with Crippen molar-refractivity contribution in [2.45, 2.75) is 19.3 Å². The summed E-state index contributed by atoms with van der Waals surface area (Å²) in [5, 5.41) is 3.32. The van der Waals surface area contributed by atoms with Crippen LogP contribution < -0.4 is 5.32 Å². The van der Waals surface area contributed by atoms with Crippen molar-refractivity contribution in [3.8, 4) is 0 Å². The Morgan fingerprint density at radius 3 is 3.00 bits per heavy atom. The van der Waals surface area contributed by atoms with E-state index in [1.807, 2.05) is 29.3 Å². The lowest BCUT2D eigenvalue weighted by Gasteiger charge is -2.30. The molecule has 3 rings (SSSR count). The monoisotopic (exact) mass is 303 g/mol. The topological polar surface area (TPSA) is 54.5 Å². The van der Waals surface area contributed by atoms with E-state index in [4.69, 9.17) is 4.74 Å². The number of rotatable bonds is 3. The minimum Gasteiger partial charge on any atom is -0.379 e. The number of aromatic nitrogens is 1. The van der Waals surface area contributed by atoms with Crippen LogP contribution in [0.25, 0.3) is 0 Å². The molecule has 0 saturated carbocycles. The normalized spacial score (nSPS) is 24.0. The Bertz CT molecular complexity index is 474. The summed E-state index contributed by atoms with van der Waals surface area (Å²) in [4.78, 5) is 19.2. The minimum absolute atomic E-state index is 0.190. The Kier molecular flexibility index (Phi) is 5.40. The predicted molar refractivity (Wildman–Crippen MR) is 84.4 cm³/mol. The van der Waals surface area contributed by atoms with E-state index in [0.29, 0.717) is 25.0 Å². The zero-order valence-corrected chi connectivity index (χ0v) is 13.0. The van der Waals surface area contributed by atoms with Crippen molar-refractivity contribution in [3.63, 3.8) is 0 Å². The molecule has 1 aromatic rings. The van der Waals surface area contributed by atoms with Gasteiger partial charge in [-0.15, -0.1) is 0 Å². The zero-order valence-electron chi connectivity index (χ0n) is 13.0. The number of nitrogens with zero attached hydrogens (tertiary/aromatic N) is 2. The zero-order chi connectivity index (χ0) is 15.2. The van der Waals surface area contributed by atoms with Crippen LogP contribution in [0.2, 0.25) is 0 Å². The van der Waals surface area contributed by atoms with Crippen molar-refractivity contribution in [1.82, 2.24) is 15.2 Å². The van der Waals surface area contributed by atoms with Gasteiger partial charge in [0.2, 0.25) is 5.91 Å². The first-order chi connectivity index (χ1) is 10.8. The maximum Gasteiger partial charge on any atom is 0.225 e. The average molecular weight is 303 g/mol. The fourth-order valence-corrected chi connectivity index (χ4v) is 3.35. The predicted octanol–water partition coefficient (Wildman–Crippen LogP) is 1.10. The first-order valence-electron chi connectivity index (χ1n) is 8.30. The van der Waals surface area contributed by atoms with E-state index in [2.05, 4.69) is 10.3 Å². The SMILES string of the molecule is O=C(C1CCNCC1)N1CCOC[C@@H](Cc2ccccn2)C1. The van der Waals surface area contributed by atoms with Crippen LogP contribution in [0.15, 0.2) is 24.4 Å². The fourth-order valence-electron chi connectivity index (χ4n) is 3.35. The molecule has 0 aliphatic carbocycles. The third-order valence-corrected chi connectivity index (χ3v) is 4.56. The van der Waals surface area contributed by atoms with E-state index in [9.17, 15) is 4.79 Å². The maximum atomic E-state index is 12.7. The Balaban J connectivity index is 1.60. The summed E-state index contributed by atoms with van der Waals surface area (Å²) in [6.07, 6.45) is 4.61. The smallest absolute Gasteiger partial charge is 0.225 e. The number of nitrogens with one attached hydrogen (secondary N) is 1. The van der Waals surface area contributed by atoms with E-state index in [-0.39, 0.29) is 5.92 Å². The molecule has 2 fully saturated rings. The van der Waals surface area contributed by atoms with Crippen molar-refractivity contribution in [1.29, 1.82) is 0 Å². The number of carbonyl (C=O) groups excluding carboxylic acids is 1. The molecule has 5 nitrogen and oxygen atoms in total. The van der Waals surface area contributed by atoms with Gasteiger partial charge in [-0.25, -0.2) is 0 Å². The lowest BCUT2D eigenvalue weighted by molar-refractivity contribution is -0.136.